The van der Waals surface area contributed by atoms with Crippen LogP contribution in [0.4, 0.5) is 4.79 Å². The first-order valence-corrected chi connectivity index (χ1v) is 9.23. The molecule has 2 heterocycles. The van der Waals surface area contributed by atoms with Gasteiger partial charge in [0.2, 0.25) is 0 Å². The van der Waals surface area contributed by atoms with Crippen LogP contribution in [0, 0.1) is 0 Å². The molecule has 4 aromatic rings. The van der Waals surface area contributed by atoms with Gasteiger partial charge < -0.3 is 15.2 Å². The normalized spacial score (nSPS) is 10.7. The lowest BCUT2D eigenvalue weighted by Crippen LogP contribution is -2.36. The van der Waals surface area contributed by atoms with E-state index in [1.54, 1.807) is 6.20 Å². The van der Waals surface area contributed by atoms with Gasteiger partial charge in [0.15, 0.2) is 5.65 Å². The zero-order valence-electron chi connectivity index (χ0n) is 15.4. The number of pyridine rings is 1. The number of fused-ring (bicyclic) bond motifs is 1. The number of benzene rings is 2. The Morgan fingerprint density at radius 1 is 0.893 bits per heavy atom. The minimum absolute atomic E-state index is 0.192. The molecule has 0 bridgehead atoms. The zero-order valence-corrected chi connectivity index (χ0v) is 15.4. The van der Waals surface area contributed by atoms with E-state index in [9.17, 15) is 4.79 Å². The van der Waals surface area contributed by atoms with E-state index in [1.807, 2.05) is 77.4 Å². The van der Waals surface area contributed by atoms with Crippen LogP contribution in [0.3, 0.4) is 0 Å². The molecule has 2 amide bonds. The van der Waals surface area contributed by atoms with E-state index in [0.29, 0.717) is 19.6 Å². The molecule has 0 saturated heterocycles. The average molecular weight is 371 g/mol. The van der Waals surface area contributed by atoms with Crippen molar-refractivity contribution in [2.75, 3.05) is 6.54 Å². The summed E-state index contributed by atoms with van der Waals surface area (Å²) < 4.78 is 2.04. The summed E-state index contributed by atoms with van der Waals surface area (Å²) in [6.07, 6.45) is 1.76. The Hall–Kier alpha value is -3.67. The van der Waals surface area contributed by atoms with E-state index in [4.69, 9.17) is 4.98 Å². The molecule has 4 rings (SSSR count). The highest BCUT2D eigenvalue weighted by molar-refractivity contribution is 5.77. The summed E-state index contributed by atoms with van der Waals surface area (Å²) >= 11 is 0. The number of imidazole rings is 1. The molecule has 2 aromatic carbocycles. The molecule has 0 saturated carbocycles. The molecule has 0 unspecified atom stereocenters. The van der Waals surface area contributed by atoms with Crippen molar-refractivity contribution < 1.29 is 4.79 Å². The number of nitrogens with one attached hydrogen (secondary N) is 2. The van der Waals surface area contributed by atoms with Gasteiger partial charge in [0, 0.05) is 31.4 Å². The lowest BCUT2D eigenvalue weighted by Gasteiger charge is -2.11. The molecule has 2 aromatic heterocycles. The third-order valence-corrected chi connectivity index (χ3v) is 4.45. The number of hydrogen-bond donors (Lipinski definition) is 2. The minimum Gasteiger partial charge on any atom is -0.336 e. The summed E-state index contributed by atoms with van der Waals surface area (Å²) in [5, 5.41) is 5.78. The van der Waals surface area contributed by atoms with E-state index in [0.717, 1.165) is 28.1 Å². The maximum Gasteiger partial charge on any atom is 0.315 e. The number of amides is 2. The van der Waals surface area contributed by atoms with Gasteiger partial charge in [0.25, 0.3) is 0 Å². The van der Waals surface area contributed by atoms with Gasteiger partial charge in [0.05, 0.1) is 0 Å². The molecule has 140 valence electrons. The Bertz CT molecular complexity index is 1060. The lowest BCUT2D eigenvalue weighted by atomic mass is 10.2. The van der Waals surface area contributed by atoms with Crippen molar-refractivity contribution in [2.24, 2.45) is 0 Å². The fraction of sp³-hybridized carbons (Fsp3) is 0.136. The molecule has 0 fully saturated rings. The van der Waals surface area contributed by atoms with E-state index < -0.39 is 0 Å². The van der Waals surface area contributed by atoms with Crippen molar-refractivity contribution in [1.29, 1.82) is 0 Å². The van der Waals surface area contributed by atoms with Gasteiger partial charge in [-0.05, 0) is 17.7 Å². The van der Waals surface area contributed by atoms with Gasteiger partial charge in [0.1, 0.15) is 11.3 Å². The van der Waals surface area contributed by atoms with Crippen molar-refractivity contribution >= 4 is 17.2 Å². The molecular weight excluding hydrogens is 350 g/mol. The Labute approximate surface area is 163 Å². The third kappa shape index (κ3) is 4.01. The number of urea groups is 1. The third-order valence-electron chi connectivity index (χ3n) is 4.45. The maximum atomic E-state index is 12.1. The summed E-state index contributed by atoms with van der Waals surface area (Å²) in [4.78, 5) is 21.3. The molecule has 28 heavy (non-hydrogen) atoms. The fourth-order valence-corrected chi connectivity index (χ4v) is 3.10. The van der Waals surface area contributed by atoms with E-state index >= 15 is 0 Å². The van der Waals surface area contributed by atoms with Gasteiger partial charge in [-0.15, -0.1) is 0 Å². The second kappa shape index (κ2) is 8.35. The summed E-state index contributed by atoms with van der Waals surface area (Å²) in [6, 6.07) is 23.5. The largest absolute Gasteiger partial charge is 0.336 e. The molecule has 0 radical (unpaired) electrons. The number of aromatic nitrogens is 3. The van der Waals surface area contributed by atoms with Gasteiger partial charge >= 0.3 is 6.03 Å². The smallest absolute Gasteiger partial charge is 0.315 e. The van der Waals surface area contributed by atoms with Crippen molar-refractivity contribution in [1.82, 2.24) is 25.2 Å². The summed E-state index contributed by atoms with van der Waals surface area (Å²) in [5.74, 6) is 0.848. The van der Waals surface area contributed by atoms with Gasteiger partial charge in [-0.3, -0.25) is 0 Å². The SMILES string of the molecule is O=C(NCCn1c(-c2ccccc2)nc2cccnc21)NCc1ccccc1. The number of carbonyl (C=O) groups is 1. The van der Waals surface area contributed by atoms with Crippen LogP contribution in [0.1, 0.15) is 5.56 Å². The van der Waals surface area contributed by atoms with Gasteiger partial charge in [-0.1, -0.05) is 60.7 Å². The Balaban J connectivity index is 1.43. The predicted octanol–water partition coefficient (Wildman–Crippen LogP) is 3.60. The summed E-state index contributed by atoms with van der Waals surface area (Å²) in [6.45, 7) is 1.55. The number of hydrogen-bond acceptors (Lipinski definition) is 3. The van der Waals surface area contributed by atoms with Crippen molar-refractivity contribution in [3.63, 3.8) is 0 Å². The summed E-state index contributed by atoms with van der Waals surface area (Å²) in [5.41, 5.74) is 3.74. The first kappa shape index (κ1) is 17.7. The Morgan fingerprint density at radius 2 is 1.64 bits per heavy atom. The van der Waals surface area contributed by atoms with Crippen molar-refractivity contribution in [3.8, 4) is 11.4 Å². The number of carbonyl (C=O) groups excluding carboxylic acids is 1. The first-order chi connectivity index (χ1) is 13.8. The lowest BCUT2D eigenvalue weighted by molar-refractivity contribution is 0.240. The molecule has 6 nitrogen and oxygen atoms in total. The molecule has 0 atom stereocenters. The number of nitrogens with zero attached hydrogens (tertiary/aromatic N) is 3. The van der Waals surface area contributed by atoms with Crippen LogP contribution in [0.15, 0.2) is 79.0 Å². The van der Waals surface area contributed by atoms with Crippen LogP contribution in [0.5, 0.6) is 0 Å². The van der Waals surface area contributed by atoms with Crippen LogP contribution in [0.25, 0.3) is 22.6 Å². The van der Waals surface area contributed by atoms with E-state index in [1.165, 1.54) is 0 Å². The van der Waals surface area contributed by atoms with Crippen LogP contribution < -0.4 is 10.6 Å². The van der Waals surface area contributed by atoms with Crippen molar-refractivity contribution in [2.45, 2.75) is 13.1 Å². The second-order valence-electron chi connectivity index (χ2n) is 6.39. The Morgan fingerprint density at radius 3 is 2.43 bits per heavy atom. The van der Waals surface area contributed by atoms with E-state index in [-0.39, 0.29) is 6.03 Å². The van der Waals surface area contributed by atoms with Crippen LogP contribution in [-0.4, -0.2) is 27.1 Å². The second-order valence-corrected chi connectivity index (χ2v) is 6.39. The minimum atomic E-state index is -0.192. The first-order valence-electron chi connectivity index (χ1n) is 9.23. The monoisotopic (exact) mass is 371 g/mol. The highest BCUT2D eigenvalue weighted by Gasteiger charge is 2.13. The highest BCUT2D eigenvalue weighted by Crippen LogP contribution is 2.23. The standard InChI is InChI=1S/C22H21N5O/c28-22(25-16-17-8-3-1-4-9-17)24-14-15-27-20(18-10-5-2-6-11-18)26-19-12-7-13-23-21(19)27/h1-13H,14-16H2,(H2,24,25,28). The van der Waals surface area contributed by atoms with E-state index in [2.05, 4.69) is 15.6 Å². The van der Waals surface area contributed by atoms with Gasteiger partial charge in [-0.2, -0.15) is 0 Å². The highest BCUT2D eigenvalue weighted by atomic mass is 16.2. The maximum absolute atomic E-state index is 12.1. The van der Waals surface area contributed by atoms with Gasteiger partial charge in [-0.25, -0.2) is 14.8 Å². The molecule has 0 aliphatic heterocycles. The molecule has 2 N–H and O–H groups in total. The zero-order chi connectivity index (χ0) is 19.2. The van der Waals surface area contributed by atoms with Crippen molar-refractivity contribution in [3.05, 3.63) is 84.6 Å². The summed E-state index contributed by atoms with van der Waals surface area (Å²) in [7, 11) is 0. The van der Waals surface area contributed by atoms with Crippen LogP contribution in [0.2, 0.25) is 0 Å². The van der Waals surface area contributed by atoms with Crippen LogP contribution >= 0.6 is 0 Å². The quantitative estimate of drug-likeness (QED) is 0.544. The molecule has 0 spiro atoms. The number of rotatable bonds is 6. The average Bonchev–Trinajstić information content (AvgIpc) is 3.12. The Kier molecular flexibility index (Phi) is 5.29. The predicted molar refractivity (Wildman–Crippen MR) is 110 cm³/mol. The molecule has 6 heteroatoms. The fourth-order valence-electron chi connectivity index (χ4n) is 3.10. The molecular formula is C22H21N5O. The molecule has 0 aliphatic carbocycles. The molecule has 0 aliphatic rings. The van der Waals surface area contributed by atoms with Crippen LogP contribution in [-0.2, 0) is 13.1 Å². The topological polar surface area (TPSA) is 71.8 Å².